The standard InChI is InChI=1S/C12H10N4O4/c1-7-5-9(15-20-7)14-10(17)6-16-11-8(19-12(16)18)3-2-4-13-11/h2-5H,6H2,1H3,(H,14,15,17). The quantitative estimate of drug-likeness (QED) is 0.761. The largest absolute Gasteiger partial charge is 0.421 e. The van der Waals surface area contributed by atoms with E-state index in [2.05, 4.69) is 15.5 Å². The van der Waals surface area contributed by atoms with Gasteiger partial charge in [-0.3, -0.25) is 4.79 Å². The minimum Gasteiger partial charge on any atom is -0.406 e. The molecule has 0 radical (unpaired) electrons. The summed E-state index contributed by atoms with van der Waals surface area (Å²) in [5.74, 6) is -0.187. The summed E-state index contributed by atoms with van der Waals surface area (Å²) in [7, 11) is 0. The molecule has 0 aliphatic heterocycles. The van der Waals surface area contributed by atoms with Crippen LogP contribution in [0.15, 0.2) is 38.1 Å². The first-order valence-corrected chi connectivity index (χ1v) is 5.81. The van der Waals surface area contributed by atoms with Crippen LogP contribution in [-0.4, -0.2) is 20.6 Å². The molecule has 0 aliphatic carbocycles. The first-order valence-electron chi connectivity index (χ1n) is 5.81. The molecule has 0 unspecified atom stereocenters. The molecule has 1 N–H and O–H groups in total. The van der Waals surface area contributed by atoms with Crippen molar-refractivity contribution in [1.29, 1.82) is 0 Å². The smallest absolute Gasteiger partial charge is 0.406 e. The number of hydrogen-bond donors (Lipinski definition) is 1. The number of hydrogen-bond acceptors (Lipinski definition) is 6. The van der Waals surface area contributed by atoms with Gasteiger partial charge in [0.15, 0.2) is 17.0 Å². The molecule has 3 aromatic heterocycles. The Morgan fingerprint density at radius 3 is 3.10 bits per heavy atom. The number of oxazole rings is 1. The predicted octanol–water partition coefficient (Wildman–Crippen LogP) is 0.925. The average molecular weight is 274 g/mol. The molecule has 3 aromatic rings. The van der Waals surface area contributed by atoms with Gasteiger partial charge in [-0.15, -0.1) is 0 Å². The van der Waals surface area contributed by atoms with Gasteiger partial charge in [0.2, 0.25) is 5.91 Å². The maximum absolute atomic E-state index is 11.9. The highest BCUT2D eigenvalue weighted by molar-refractivity contribution is 5.90. The van der Waals surface area contributed by atoms with Gasteiger partial charge in [0.1, 0.15) is 12.3 Å². The van der Waals surface area contributed by atoms with E-state index in [-0.39, 0.29) is 6.54 Å². The number of nitrogens with one attached hydrogen (secondary N) is 1. The zero-order valence-electron chi connectivity index (χ0n) is 10.5. The van der Waals surface area contributed by atoms with Gasteiger partial charge in [0.25, 0.3) is 0 Å². The maximum atomic E-state index is 11.9. The summed E-state index contributed by atoms with van der Waals surface area (Å²) in [5, 5.41) is 6.16. The summed E-state index contributed by atoms with van der Waals surface area (Å²) in [6.45, 7) is 1.50. The Kier molecular flexibility index (Phi) is 2.82. The summed E-state index contributed by atoms with van der Waals surface area (Å²) in [5.41, 5.74) is 0.659. The number of aromatic nitrogens is 3. The Morgan fingerprint density at radius 2 is 2.35 bits per heavy atom. The zero-order valence-corrected chi connectivity index (χ0v) is 10.5. The van der Waals surface area contributed by atoms with Crippen LogP contribution in [0.2, 0.25) is 0 Å². The number of aryl methyl sites for hydroxylation is 1. The van der Waals surface area contributed by atoms with E-state index in [1.54, 1.807) is 25.1 Å². The predicted molar refractivity (Wildman–Crippen MR) is 68.1 cm³/mol. The van der Waals surface area contributed by atoms with E-state index < -0.39 is 11.7 Å². The Balaban J connectivity index is 1.84. The van der Waals surface area contributed by atoms with E-state index in [1.165, 1.54) is 6.20 Å². The van der Waals surface area contributed by atoms with Gasteiger partial charge >= 0.3 is 5.76 Å². The Morgan fingerprint density at radius 1 is 1.50 bits per heavy atom. The topological polar surface area (TPSA) is 103 Å². The van der Waals surface area contributed by atoms with Crippen LogP contribution in [0, 0.1) is 6.92 Å². The fraction of sp³-hybridized carbons (Fsp3) is 0.167. The molecule has 3 rings (SSSR count). The fourth-order valence-corrected chi connectivity index (χ4v) is 1.79. The van der Waals surface area contributed by atoms with Crippen LogP contribution in [0.3, 0.4) is 0 Å². The van der Waals surface area contributed by atoms with Gasteiger partial charge in [0.05, 0.1) is 0 Å². The highest BCUT2D eigenvalue weighted by atomic mass is 16.5. The normalized spacial score (nSPS) is 10.8. The molecule has 8 heteroatoms. The van der Waals surface area contributed by atoms with Crippen LogP contribution in [0.25, 0.3) is 11.2 Å². The lowest BCUT2D eigenvalue weighted by atomic mass is 10.4. The van der Waals surface area contributed by atoms with Gasteiger partial charge in [-0.05, 0) is 19.1 Å². The second-order valence-electron chi connectivity index (χ2n) is 4.15. The van der Waals surface area contributed by atoms with E-state index in [0.29, 0.717) is 22.8 Å². The van der Waals surface area contributed by atoms with Crippen molar-refractivity contribution in [2.45, 2.75) is 13.5 Å². The molecule has 0 saturated carbocycles. The first kappa shape index (κ1) is 12.2. The minimum atomic E-state index is -0.634. The fourth-order valence-electron chi connectivity index (χ4n) is 1.79. The van der Waals surface area contributed by atoms with E-state index in [4.69, 9.17) is 8.94 Å². The Labute approximate surface area is 112 Å². The number of amides is 1. The van der Waals surface area contributed by atoms with Crippen LogP contribution in [0.1, 0.15) is 5.76 Å². The molecule has 0 bridgehead atoms. The highest BCUT2D eigenvalue weighted by Crippen LogP contribution is 2.10. The number of anilines is 1. The highest BCUT2D eigenvalue weighted by Gasteiger charge is 2.14. The van der Waals surface area contributed by atoms with Gasteiger partial charge in [-0.1, -0.05) is 5.16 Å². The van der Waals surface area contributed by atoms with Crippen molar-refractivity contribution < 1.29 is 13.7 Å². The molecule has 20 heavy (non-hydrogen) atoms. The monoisotopic (exact) mass is 274 g/mol. The summed E-state index contributed by atoms with van der Waals surface area (Å²) in [6.07, 6.45) is 1.52. The summed E-state index contributed by atoms with van der Waals surface area (Å²) >= 11 is 0. The lowest BCUT2D eigenvalue weighted by molar-refractivity contribution is -0.116. The molecule has 0 fully saturated rings. The zero-order chi connectivity index (χ0) is 14.1. The van der Waals surface area contributed by atoms with Crippen molar-refractivity contribution in [3.8, 4) is 0 Å². The molecular formula is C12H10N4O4. The molecule has 1 amide bonds. The molecule has 0 atom stereocenters. The number of nitrogens with zero attached hydrogens (tertiary/aromatic N) is 3. The van der Waals surface area contributed by atoms with Gasteiger partial charge in [0, 0.05) is 12.3 Å². The van der Waals surface area contributed by atoms with Gasteiger partial charge in [-0.25, -0.2) is 14.3 Å². The van der Waals surface area contributed by atoms with E-state index in [0.717, 1.165) is 4.57 Å². The number of pyridine rings is 1. The molecule has 8 nitrogen and oxygen atoms in total. The van der Waals surface area contributed by atoms with E-state index in [9.17, 15) is 9.59 Å². The molecule has 0 aromatic carbocycles. The van der Waals surface area contributed by atoms with Crippen LogP contribution < -0.4 is 11.1 Å². The number of rotatable bonds is 3. The maximum Gasteiger partial charge on any atom is 0.421 e. The van der Waals surface area contributed by atoms with Crippen molar-refractivity contribution >= 4 is 23.0 Å². The van der Waals surface area contributed by atoms with E-state index >= 15 is 0 Å². The SMILES string of the molecule is Cc1cc(NC(=O)Cn2c(=O)oc3cccnc32)no1. The van der Waals surface area contributed by atoms with Crippen molar-refractivity contribution in [3.05, 3.63) is 40.7 Å². The lowest BCUT2D eigenvalue weighted by Gasteiger charge is -2.01. The summed E-state index contributed by atoms with van der Waals surface area (Å²) in [6, 6.07) is 4.83. The van der Waals surface area contributed by atoms with Crippen molar-refractivity contribution in [1.82, 2.24) is 14.7 Å². The van der Waals surface area contributed by atoms with Gasteiger partial charge < -0.3 is 14.3 Å². The number of carbonyl (C=O) groups excluding carboxylic acids is 1. The minimum absolute atomic E-state index is 0.214. The van der Waals surface area contributed by atoms with Crippen molar-refractivity contribution in [2.75, 3.05) is 5.32 Å². The molecule has 102 valence electrons. The summed E-state index contributed by atoms with van der Waals surface area (Å²) in [4.78, 5) is 27.6. The molecule has 0 aliphatic rings. The van der Waals surface area contributed by atoms with Crippen LogP contribution in [0.4, 0.5) is 5.82 Å². The molecule has 0 saturated heterocycles. The number of carbonyl (C=O) groups is 1. The average Bonchev–Trinajstić information content (AvgIpc) is 2.94. The van der Waals surface area contributed by atoms with Crippen LogP contribution >= 0.6 is 0 Å². The third-order valence-corrected chi connectivity index (χ3v) is 2.62. The van der Waals surface area contributed by atoms with Crippen molar-refractivity contribution in [3.63, 3.8) is 0 Å². The third-order valence-electron chi connectivity index (χ3n) is 2.62. The Hall–Kier alpha value is -2.90. The first-order chi connectivity index (χ1) is 9.63. The van der Waals surface area contributed by atoms with Gasteiger partial charge in [-0.2, -0.15) is 0 Å². The molecule has 0 spiro atoms. The molecule has 3 heterocycles. The third kappa shape index (κ3) is 2.18. The second kappa shape index (κ2) is 4.65. The van der Waals surface area contributed by atoms with Crippen LogP contribution in [0.5, 0.6) is 0 Å². The Bertz CT molecular complexity index is 829. The second-order valence-corrected chi connectivity index (χ2v) is 4.15. The van der Waals surface area contributed by atoms with Crippen molar-refractivity contribution in [2.24, 2.45) is 0 Å². The van der Waals surface area contributed by atoms with Crippen LogP contribution in [-0.2, 0) is 11.3 Å². The summed E-state index contributed by atoms with van der Waals surface area (Å²) < 4.78 is 11.0. The number of fused-ring (bicyclic) bond motifs is 1. The molecular weight excluding hydrogens is 264 g/mol. The van der Waals surface area contributed by atoms with E-state index in [1.807, 2.05) is 0 Å². The lowest BCUT2D eigenvalue weighted by Crippen LogP contribution is -2.25.